The number of hydrogen-bond donors (Lipinski definition) is 0. The van der Waals surface area contributed by atoms with Gasteiger partial charge < -0.3 is 9.57 Å². The predicted molar refractivity (Wildman–Crippen MR) is 72.4 cm³/mol. The van der Waals surface area contributed by atoms with Gasteiger partial charge in [0.15, 0.2) is 5.75 Å². The quantitative estimate of drug-likeness (QED) is 0.762. The molecule has 3 heteroatoms. The van der Waals surface area contributed by atoms with Gasteiger partial charge in [0.1, 0.15) is 5.69 Å². The number of ether oxygens (including phenoxy) is 1. The molecule has 2 rings (SSSR count). The Hall–Kier alpha value is -1.38. The number of hydrogen-bond acceptors (Lipinski definition) is 2. The van der Waals surface area contributed by atoms with Gasteiger partial charge in [-0.25, -0.2) is 0 Å². The number of nitrogens with zero attached hydrogens (tertiary/aromatic N) is 1. The standard InChI is InChI=1S/C15H23NO2/c1-4-7-8-12(5-2)11-13-14-9-10-16(13)18-15(6-3)17-14/h6,9-10,12H,4-5,7-8,11H2,1-3H3/b15-6+. The first kappa shape index (κ1) is 13.1. The molecule has 3 nitrogen and oxygen atoms in total. The Morgan fingerprint density at radius 2 is 2.22 bits per heavy atom. The molecule has 2 heterocycles. The summed E-state index contributed by atoms with van der Waals surface area (Å²) in [6, 6.07) is 1.98. The molecular weight excluding hydrogens is 226 g/mol. The van der Waals surface area contributed by atoms with Gasteiger partial charge in [0.05, 0.1) is 0 Å². The van der Waals surface area contributed by atoms with Crippen LogP contribution >= 0.6 is 0 Å². The highest BCUT2D eigenvalue weighted by Crippen LogP contribution is 2.30. The molecule has 100 valence electrons. The summed E-state index contributed by atoms with van der Waals surface area (Å²) in [6.07, 6.45) is 9.88. The lowest BCUT2D eigenvalue weighted by molar-refractivity contribution is 0.0635. The molecule has 2 bridgehead atoms. The van der Waals surface area contributed by atoms with Crippen LogP contribution in [-0.4, -0.2) is 4.73 Å². The minimum absolute atomic E-state index is 0.570. The first-order valence-electron chi connectivity index (χ1n) is 7.01. The van der Waals surface area contributed by atoms with E-state index in [1.54, 1.807) is 0 Å². The molecular formula is C15H23NO2. The van der Waals surface area contributed by atoms with Crippen molar-refractivity contribution in [3.63, 3.8) is 0 Å². The molecule has 1 aromatic rings. The lowest BCUT2D eigenvalue weighted by Gasteiger charge is -2.22. The van der Waals surface area contributed by atoms with Gasteiger partial charge in [-0.1, -0.05) is 39.5 Å². The zero-order valence-corrected chi connectivity index (χ0v) is 11.6. The van der Waals surface area contributed by atoms with Gasteiger partial charge in [0, 0.05) is 12.3 Å². The van der Waals surface area contributed by atoms with Crippen molar-refractivity contribution in [1.82, 2.24) is 4.73 Å². The van der Waals surface area contributed by atoms with Crippen LogP contribution in [0.4, 0.5) is 0 Å². The molecule has 0 aromatic carbocycles. The van der Waals surface area contributed by atoms with Crippen molar-refractivity contribution in [3.8, 4) is 5.75 Å². The van der Waals surface area contributed by atoms with Gasteiger partial charge >= 0.3 is 5.95 Å². The van der Waals surface area contributed by atoms with E-state index >= 15 is 0 Å². The van der Waals surface area contributed by atoms with Gasteiger partial charge in [-0.2, -0.15) is 4.73 Å². The van der Waals surface area contributed by atoms with Crippen LogP contribution < -0.4 is 9.57 Å². The van der Waals surface area contributed by atoms with Gasteiger partial charge in [-0.3, -0.25) is 0 Å². The molecule has 1 atom stereocenters. The highest BCUT2D eigenvalue weighted by Gasteiger charge is 2.22. The maximum absolute atomic E-state index is 5.68. The highest BCUT2D eigenvalue weighted by atomic mass is 16.8. The molecule has 0 saturated carbocycles. The van der Waals surface area contributed by atoms with Gasteiger partial charge in [-0.15, -0.1) is 0 Å². The second kappa shape index (κ2) is 5.98. The van der Waals surface area contributed by atoms with Gasteiger partial charge in [-0.05, 0) is 25.3 Å². The van der Waals surface area contributed by atoms with Crippen molar-refractivity contribution >= 4 is 0 Å². The first-order valence-corrected chi connectivity index (χ1v) is 7.01. The van der Waals surface area contributed by atoms with Crippen LogP contribution in [0.25, 0.3) is 0 Å². The Kier molecular flexibility index (Phi) is 4.34. The number of aromatic nitrogens is 1. The van der Waals surface area contributed by atoms with Gasteiger partial charge in [0.25, 0.3) is 0 Å². The summed E-state index contributed by atoms with van der Waals surface area (Å²) in [7, 11) is 0. The van der Waals surface area contributed by atoms with E-state index in [9.17, 15) is 0 Å². The third-order valence-corrected chi connectivity index (χ3v) is 3.57. The van der Waals surface area contributed by atoms with Crippen molar-refractivity contribution < 1.29 is 9.57 Å². The van der Waals surface area contributed by atoms with E-state index in [0.717, 1.165) is 18.1 Å². The Morgan fingerprint density at radius 3 is 2.83 bits per heavy atom. The summed E-state index contributed by atoms with van der Waals surface area (Å²) in [5.74, 6) is 2.24. The van der Waals surface area contributed by atoms with Crippen LogP contribution in [0.5, 0.6) is 5.75 Å². The van der Waals surface area contributed by atoms with E-state index in [0.29, 0.717) is 5.95 Å². The second-order valence-corrected chi connectivity index (χ2v) is 4.87. The third-order valence-electron chi connectivity index (χ3n) is 3.57. The Labute approximate surface area is 109 Å². The van der Waals surface area contributed by atoms with Crippen molar-refractivity contribution in [1.29, 1.82) is 0 Å². The molecule has 0 N–H and O–H groups in total. The van der Waals surface area contributed by atoms with E-state index in [1.807, 2.05) is 30.0 Å². The fraction of sp³-hybridized carbons (Fsp3) is 0.600. The van der Waals surface area contributed by atoms with Crippen molar-refractivity contribution in [2.24, 2.45) is 5.92 Å². The molecule has 0 saturated heterocycles. The zero-order valence-electron chi connectivity index (χ0n) is 11.6. The van der Waals surface area contributed by atoms with Crippen molar-refractivity contribution in [3.05, 3.63) is 30.0 Å². The normalized spacial score (nSPS) is 17.4. The number of allylic oxidation sites excluding steroid dienone is 1. The molecule has 18 heavy (non-hydrogen) atoms. The topological polar surface area (TPSA) is 23.4 Å². The van der Waals surface area contributed by atoms with E-state index in [4.69, 9.17) is 9.57 Å². The average molecular weight is 249 g/mol. The third kappa shape index (κ3) is 2.71. The minimum Gasteiger partial charge on any atom is -0.423 e. The van der Waals surface area contributed by atoms with Crippen LogP contribution in [0.15, 0.2) is 24.3 Å². The smallest absolute Gasteiger partial charge is 0.308 e. The van der Waals surface area contributed by atoms with E-state index < -0.39 is 0 Å². The minimum atomic E-state index is 0.570. The zero-order chi connectivity index (χ0) is 13.0. The molecule has 0 spiro atoms. The fourth-order valence-electron chi connectivity index (χ4n) is 2.35. The second-order valence-electron chi connectivity index (χ2n) is 4.87. The van der Waals surface area contributed by atoms with E-state index in [1.165, 1.54) is 31.4 Å². The summed E-state index contributed by atoms with van der Waals surface area (Å²) in [6.45, 7) is 6.42. The lowest BCUT2D eigenvalue weighted by atomic mass is 9.94. The first-order chi connectivity index (χ1) is 8.78. The van der Waals surface area contributed by atoms with Crippen LogP contribution in [0.1, 0.15) is 52.1 Å². The number of rotatable bonds is 6. The molecule has 1 aromatic heterocycles. The van der Waals surface area contributed by atoms with Crippen LogP contribution in [0, 0.1) is 5.92 Å². The van der Waals surface area contributed by atoms with E-state index in [-0.39, 0.29) is 0 Å². The lowest BCUT2D eigenvalue weighted by Crippen LogP contribution is -2.22. The highest BCUT2D eigenvalue weighted by molar-refractivity contribution is 5.32. The average Bonchev–Trinajstić information content (AvgIpc) is 2.64. The molecule has 1 aliphatic heterocycles. The van der Waals surface area contributed by atoms with Crippen LogP contribution in [0.3, 0.4) is 0 Å². The summed E-state index contributed by atoms with van der Waals surface area (Å²) in [4.78, 5) is 5.62. The summed E-state index contributed by atoms with van der Waals surface area (Å²) in [5, 5.41) is 0. The van der Waals surface area contributed by atoms with Crippen LogP contribution in [0.2, 0.25) is 0 Å². The largest absolute Gasteiger partial charge is 0.423 e. The molecule has 1 aliphatic rings. The number of unbranched alkanes of at least 4 members (excludes halogenated alkanes) is 1. The Bertz CT molecular complexity index is 395. The molecule has 0 fully saturated rings. The Balaban J connectivity index is 2.06. The monoisotopic (exact) mass is 249 g/mol. The fourth-order valence-corrected chi connectivity index (χ4v) is 2.35. The molecule has 0 amide bonds. The predicted octanol–water partition coefficient (Wildman–Crippen LogP) is 3.93. The molecule has 0 aliphatic carbocycles. The maximum atomic E-state index is 5.68. The van der Waals surface area contributed by atoms with Crippen molar-refractivity contribution in [2.45, 2.75) is 52.9 Å². The maximum Gasteiger partial charge on any atom is 0.308 e. The molecule has 1 unspecified atom stereocenters. The molecule has 0 radical (unpaired) electrons. The Morgan fingerprint density at radius 1 is 1.39 bits per heavy atom. The summed E-state index contributed by atoms with van der Waals surface area (Å²) in [5.41, 5.74) is 1.17. The van der Waals surface area contributed by atoms with Crippen molar-refractivity contribution in [2.75, 3.05) is 0 Å². The summed E-state index contributed by atoms with van der Waals surface area (Å²) < 4.78 is 7.53. The van der Waals surface area contributed by atoms with Gasteiger partial charge in [0.2, 0.25) is 0 Å². The summed E-state index contributed by atoms with van der Waals surface area (Å²) >= 11 is 0. The SMILES string of the molecule is C/C=C1\Oc2ccn(c2CC(CC)CCCC)O1. The van der Waals surface area contributed by atoms with E-state index in [2.05, 4.69) is 13.8 Å². The van der Waals surface area contributed by atoms with Crippen LogP contribution in [-0.2, 0) is 6.42 Å². The number of fused-ring (bicyclic) bond motifs is 2.